The first-order valence-corrected chi connectivity index (χ1v) is 7.41. The number of imidazole rings is 1. The summed E-state index contributed by atoms with van der Waals surface area (Å²) in [6.45, 7) is -1.43. The van der Waals surface area contributed by atoms with Crippen molar-refractivity contribution in [1.29, 1.82) is 0 Å². The lowest BCUT2D eigenvalue weighted by molar-refractivity contribution is -0.153. The van der Waals surface area contributed by atoms with Crippen LogP contribution in [0.25, 0.3) is 0 Å². The molecule has 0 bridgehead atoms. The second-order valence-corrected chi connectivity index (χ2v) is 5.49. The molecule has 1 N–H and O–H groups in total. The first-order valence-electron chi connectivity index (χ1n) is 6.42. The van der Waals surface area contributed by atoms with Crippen molar-refractivity contribution in [2.24, 2.45) is 7.05 Å². The van der Waals surface area contributed by atoms with E-state index in [9.17, 15) is 13.2 Å². The Hall–Kier alpha value is -1.67. The zero-order valence-electron chi connectivity index (χ0n) is 11.8. The monoisotopic (exact) mass is 332 g/mol. The van der Waals surface area contributed by atoms with Crippen LogP contribution in [0.4, 0.5) is 13.2 Å². The van der Waals surface area contributed by atoms with Crippen molar-refractivity contribution in [3.05, 3.63) is 41.7 Å². The molecule has 8 heteroatoms. The van der Waals surface area contributed by atoms with Gasteiger partial charge in [0.05, 0.1) is 18.5 Å². The largest absolute Gasteiger partial charge is 0.484 e. The number of alkyl halides is 3. The Balaban J connectivity index is 2.04. The van der Waals surface area contributed by atoms with Crippen LogP contribution in [0, 0.1) is 0 Å². The molecule has 1 aromatic heterocycles. The molecular formula is C14H15F3N2O2S. The number of hydrogen-bond acceptors (Lipinski definition) is 4. The van der Waals surface area contributed by atoms with Gasteiger partial charge in [-0.05, 0) is 6.07 Å². The summed E-state index contributed by atoms with van der Waals surface area (Å²) in [5.74, 6) is 0.632. The molecule has 0 saturated carbocycles. The van der Waals surface area contributed by atoms with E-state index in [1.807, 2.05) is 0 Å². The third kappa shape index (κ3) is 4.41. The van der Waals surface area contributed by atoms with Gasteiger partial charge in [-0.2, -0.15) is 13.2 Å². The lowest BCUT2D eigenvalue weighted by Gasteiger charge is -2.13. The predicted octanol–water partition coefficient (Wildman–Crippen LogP) is 3.15. The number of thioether (sulfide) groups is 1. The van der Waals surface area contributed by atoms with Gasteiger partial charge in [0.1, 0.15) is 5.75 Å². The molecule has 0 aliphatic carbocycles. The highest BCUT2D eigenvalue weighted by Gasteiger charge is 2.28. The average Bonchev–Trinajstić information content (AvgIpc) is 2.83. The summed E-state index contributed by atoms with van der Waals surface area (Å²) in [6, 6.07) is 6.60. The van der Waals surface area contributed by atoms with E-state index in [4.69, 9.17) is 9.84 Å². The molecule has 0 unspecified atom stereocenters. The number of benzene rings is 1. The van der Waals surface area contributed by atoms with Crippen LogP contribution in [0.3, 0.4) is 0 Å². The number of aliphatic hydroxyl groups is 1. The van der Waals surface area contributed by atoms with Crippen molar-refractivity contribution in [2.75, 3.05) is 6.61 Å². The van der Waals surface area contributed by atoms with E-state index >= 15 is 0 Å². The molecule has 4 nitrogen and oxygen atoms in total. The normalized spacial score (nSPS) is 11.7. The Morgan fingerprint density at radius 1 is 1.32 bits per heavy atom. The quantitative estimate of drug-likeness (QED) is 0.826. The number of halogens is 3. The van der Waals surface area contributed by atoms with Gasteiger partial charge in [0.2, 0.25) is 0 Å². The Kier molecular flexibility index (Phi) is 5.36. The molecule has 1 heterocycles. The molecule has 0 amide bonds. The van der Waals surface area contributed by atoms with Crippen molar-refractivity contribution < 1.29 is 23.0 Å². The summed E-state index contributed by atoms with van der Waals surface area (Å²) < 4.78 is 43.3. The number of aromatic nitrogens is 2. The van der Waals surface area contributed by atoms with E-state index in [2.05, 4.69) is 4.98 Å². The van der Waals surface area contributed by atoms with Crippen LogP contribution in [0.5, 0.6) is 5.75 Å². The number of hydrogen-bond donors (Lipinski definition) is 1. The van der Waals surface area contributed by atoms with Crippen LogP contribution >= 0.6 is 11.8 Å². The molecule has 0 aliphatic rings. The number of para-hydroxylation sites is 1. The lowest BCUT2D eigenvalue weighted by Crippen LogP contribution is -2.19. The van der Waals surface area contributed by atoms with Crippen LogP contribution in [0.2, 0.25) is 0 Å². The molecule has 2 rings (SSSR count). The predicted molar refractivity (Wildman–Crippen MR) is 76.7 cm³/mol. The average molecular weight is 332 g/mol. The molecule has 0 radical (unpaired) electrons. The van der Waals surface area contributed by atoms with Crippen LogP contribution in [0.15, 0.2) is 35.6 Å². The van der Waals surface area contributed by atoms with E-state index in [0.717, 1.165) is 0 Å². The van der Waals surface area contributed by atoms with Crippen LogP contribution in [-0.2, 0) is 19.4 Å². The molecule has 0 aliphatic heterocycles. The van der Waals surface area contributed by atoms with Crippen molar-refractivity contribution >= 4 is 11.8 Å². The van der Waals surface area contributed by atoms with Crippen molar-refractivity contribution in [1.82, 2.24) is 9.55 Å². The van der Waals surface area contributed by atoms with E-state index < -0.39 is 12.8 Å². The first-order chi connectivity index (χ1) is 10.4. The van der Waals surface area contributed by atoms with Crippen molar-refractivity contribution in [2.45, 2.75) is 23.7 Å². The van der Waals surface area contributed by atoms with Gasteiger partial charge in [-0.25, -0.2) is 4.98 Å². The zero-order valence-corrected chi connectivity index (χ0v) is 12.6. The second-order valence-electron chi connectivity index (χ2n) is 4.55. The van der Waals surface area contributed by atoms with Gasteiger partial charge >= 0.3 is 6.18 Å². The van der Waals surface area contributed by atoms with E-state index in [1.54, 1.807) is 36.0 Å². The molecule has 0 spiro atoms. The first kappa shape index (κ1) is 16.7. The second kappa shape index (κ2) is 7.06. The Labute approximate surface area is 129 Å². The van der Waals surface area contributed by atoms with E-state index in [1.165, 1.54) is 17.8 Å². The van der Waals surface area contributed by atoms with E-state index in [0.29, 0.717) is 22.2 Å². The topological polar surface area (TPSA) is 47.3 Å². The molecule has 0 fully saturated rings. The number of ether oxygens (including phenoxy) is 1. The highest BCUT2D eigenvalue weighted by Crippen LogP contribution is 2.28. The van der Waals surface area contributed by atoms with Crippen LogP contribution in [-0.4, -0.2) is 27.4 Å². The maximum Gasteiger partial charge on any atom is 0.422 e. The summed E-state index contributed by atoms with van der Waals surface area (Å²) in [5.41, 5.74) is 1.33. The molecule has 120 valence electrons. The van der Waals surface area contributed by atoms with Crippen molar-refractivity contribution in [3.8, 4) is 5.75 Å². The minimum absolute atomic E-state index is 0.116. The number of aliphatic hydroxyl groups excluding tert-OH is 1. The third-order valence-corrected chi connectivity index (χ3v) is 4.02. The lowest BCUT2D eigenvalue weighted by atomic mass is 10.2. The fraction of sp³-hybridized carbons (Fsp3) is 0.357. The fourth-order valence-corrected chi connectivity index (χ4v) is 2.73. The minimum Gasteiger partial charge on any atom is -0.484 e. The maximum absolute atomic E-state index is 12.3. The van der Waals surface area contributed by atoms with Gasteiger partial charge < -0.3 is 14.4 Å². The Morgan fingerprint density at radius 3 is 2.68 bits per heavy atom. The molecule has 2 aromatic rings. The highest BCUT2D eigenvalue weighted by molar-refractivity contribution is 7.98. The van der Waals surface area contributed by atoms with E-state index in [-0.39, 0.29) is 12.4 Å². The molecule has 0 saturated heterocycles. The van der Waals surface area contributed by atoms with Gasteiger partial charge in [-0.15, -0.1) is 0 Å². The Bertz CT molecular complexity index is 629. The van der Waals surface area contributed by atoms with Crippen LogP contribution < -0.4 is 4.74 Å². The zero-order chi connectivity index (χ0) is 16.2. The molecule has 22 heavy (non-hydrogen) atoms. The summed E-state index contributed by atoms with van der Waals surface area (Å²) in [7, 11) is 1.77. The number of nitrogens with zero attached hydrogens (tertiary/aromatic N) is 2. The van der Waals surface area contributed by atoms with Gasteiger partial charge in [0, 0.05) is 18.4 Å². The smallest absolute Gasteiger partial charge is 0.422 e. The SMILES string of the molecule is Cn1c(CO)cnc1SCc1ccccc1OCC(F)(F)F. The van der Waals surface area contributed by atoms with Gasteiger partial charge in [-0.1, -0.05) is 30.0 Å². The van der Waals surface area contributed by atoms with Crippen LogP contribution in [0.1, 0.15) is 11.3 Å². The summed E-state index contributed by atoms with van der Waals surface area (Å²) in [4.78, 5) is 4.16. The molecular weight excluding hydrogens is 317 g/mol. The summed E-state index contributed by atoms with van der Waals surface area (Å²) >= 11 is 1.36. The summed E-state index contributed by atoms with van der Waals surface area (Å²) in [6.07, 6.45) is -2.80. The molecule has 1 aromatic carbocycles. The van der Waals surface area contributed by atoms with Gasteiger partial charge in [0.15, 0.2) is 11.8 Å². The van der Waals surface area contributed by atoms with Gasteiger partial charge in [-0.3, -0.25) is 0 Å². The molecule has 0 atom stereocenters. The minimum atomic E-state index is -4.37. The fourth-order valence-electron chi connectivity index (χ4n) is 1.77. The third-order valence-electron chi connectivity index (χ3n) is 2.92. The maximum atomic E-state index is 12.3. The number of rotatable bonds is 6. The highest BCUT2D eigenvalue weighted by atomic mass is 32.2. The Morgan fingerprint density at radius 2 is 2.05 bits per heavy atom. The van der Waals surface area contributed by atoms with Crippen molar-refractivity contribution in [3.63, 3.8) is 0 Å². The standard InChI is InChI=1S/C14H15F3N2O2S/c1-19-11(7-20)6-18-13(19)22-8-10-4-2-3-5-12(10)21-9-14(15,16)17/h2-6,20H,7-9H2,1H3. The summed E-state index contributed by atoms with van der Waals surface area (Å²) in [5, 5.41) is 9.79. The van der Waals surface area contributed by atoms with Gasteiger partial charge in [0.25, 0.3) is 0 Å².